The summed E-state index contributed by atoms with van der Waals surface area (Å²) in [6.07, 6.45) is 2.59. The first kappa shape index (κ1) is 13.5. The summed E-state index contributed by atoms with van der Waals surface area (Å²) in [4.78, 5) is 2.27. The third-order valence-electron chi connectivity index (χ3n) is 3.51. The van der Waals surface area contributed by atoms with Crippen molar-refractivity contribution in [2.24, 2.45) is 5.92 Å². The summed E-state index contributed by atoms with van der Waals surface area (Å²) < 4.78 is 5.17. The van der Waals surface area contributed by atoms with Crippen molar-refractivity contribution >= 4 is 17.3 Å². The molecule has 18 heavy (non-hydrogen) atoms. The van der Waals surface area contributed by atoms with E-state index in [0.717, 1.165) is 37.0 Å². The quantitative estimate of drug-likeness (QED) is 0.909. The van der Waals surface area contributed by atoms with E-state index in [2.05, 4.69) is 23.3 Å². The largest absolute Gasteiger partial charge is 0.495 e. The fraction of sp³-hybridized carbons (Fsp3) is 0.571. The predicted molar refractivity (Wildman–Crippen MR) is 76.9 cm³/mol. The van der Waals surface area contributed by atoms with Crippen LogP contribution >= 0.6 is 11.6 Å². The van der Waals surface area contributed by atoms with Crippen molar-refractivity contribution in [3.05, 3.63) is 23.2 Å². The Morgan fingerprint density at radius 1 is 1.50 bits per heavy atom. The number of methoxy groups -OCH3 is 1. The topological polar surface area (TPSA) is 24.5 Å². The Bertz CT molecular complexity index is 391. The molecule has 1 saturated heterocycles. The molecule has 1 heterocycles. The maximum atomic E-state index is 6.15. The molecule has 0 bridgehead atoms. The second-order valence-corrected chi connectivity index (χ2v) is 5.32. The molecule has 1 aliphatic rings. The van der Waals surface area contributed by atoms with Crippen LogP contribution in [0.3, 0.4) is 0 Å². The van der Waals surface area contributed by atoms with E-state index < -0.39 is 0 Å². The molecule has 1 unspecified atom stereocenters. The van der Waals surface area contributed by atoms with Crippen LogP contribution in [0.1, 0.15) is 12.8 Å². The lowest BCUT2D eigenvalue weighted by atomic mass is 9.99. The minimum atomic E-state index is 0.670. The van der Waals surface area contributed by atoms with E-state index in [1.54, 1.807) is 7.11 Å². The molecule has 100 valence electrons. The van der Waals surface area contributed by atoms with E-state index in [1.807, 2.05) is 12.1 Å². The summed E-state index contributed by atoms with van der Waals surface area (Å²) in [6.45, 7) is 3.35. The molecule has 0 amide bonds. The van der Waals surface area contributed by atoms with Gasteiger partial charge in [-0.05, 0) is 50.0 Å². The van der Waals surface area contributed by atoms with Crippen LogP contribution in [0.15, 0.2) is 18.2 Å². The molecule has 0 spiro atoms. The van der Waals surface area contributed by atoms with Gasteiger partial charge in [0, 0.05) is 19.3 Å². The molecule has 1 fully saturated rings. The number of piperidine rings is 1. The first-order valence-corrected chi connectivity index (χ1v) is 6.84. The lowest BCUT2D eigenvalue weighted by Gasteiger charge is -2.29. The van der Waals surface area contributed by atoms with Gasteiger partial charge in [0.1, 0.15) is 5.75 Å². The van der Waals surface area contributed by atoms with Gasteiger partial charge < -0.3 is 15.0 Å². The average molecular weight is 269 g/mol. The van der Waals surface area contributed by atoms with Crippen molar-refractivity contribution in [3.8, 4) is 5.75 Å². The molecule has 0 saturated carbocycles. The van der Waals surface area contributed by atoms with E-state index in [-0.39, 0.29) is 0 Å². The van der Waals surface area contributed by atoms with Crippen LogP contribution < -0.4 is 15.0 Å². The first-order valence-electron chi connectivity index (χ1n) is 6.46. The van der Waals surface area contributed by atoms with Gasteiger partial charge in [-0.1, -0.05) is 11.6 Å². The molecule has 3 nitrogen and oxygen atoms in total. The summed E-state index contributed by atoms with van der Waals surface area (Å²) in [5.41, 5.74) is 1.14. The molecule has 0 radical (unpaired) electrons. The Hall–Kier alpha value is -0.930. The second kappa shape index (κ2) is 6.30. The molecule has 2 rings (SSSR count). The SMILES string of the molecule is COc1ccc(N(C)CC2CCCNC2)cc1Cl. The highest BCUT2D eigenvalue weighted by atomic mass is 35.5. The predicted octanol–water partition coefficient (Wildman–Crippen LogP) is 2.78. The number of ether oxygens (including phenoxy) is 1. The summed E-state index contributed by atoms with van der Waals surface area (Å²) in [6, 6.07) is 5.95. The van der Waals surface area contributed by atoms with Crippen molar-refractivity contribution in [3.63, 3.8) is 0 Å². The Balaban J connectivity index is 1.99. The Morgan fingerprint density at radius 2 is 2.33 bits per heavy atom. The van der Waals surface area contributed by atoms with Gasteiger partial charge >= 0.3 is 0 Å². The molecule has 0 aliphatic carbocycles. The first-order chi connectivity index (χ1) is 8.70. The van der Waals surface area contributed by atoms with Crippen LogP contribution in [0.25, 0.3) is 0 Å². The fourth-order valence-corrected chi connectivity index (χ4v) is 2.72. The Labute approximate surface area is 114 Å². The number of nitrogens with zero attached hydrogens (tertiary/aromatic N) is 1. The van der Waals surface area contributed by atoms with Crippen molar-refractivity contribution in [1.29, 1.82) is 0 Å². The monoisotopic (exact) mass is 268 g/mol. The van der Waals surface area contributed by atoms with Gasteiger partial charge in [-0.3, -0.25) is 0 Å². The smallest absolute Gasteiger partial charge is 0.137 e. The van der Waals surface area contributed by atoms with Gasteiger partial charge in [0.05, 0.1) is 12.1 Å². The van der Waals surface area contributed by atoms with Crippen molar-refractivity contribution in [2.75, 3.05) is 38.7 Å². The summed E-state index contributed by atoms with van der Waals surface area (Å²) in [5.74, 6) is 1.46. The van der Waals surface area contributed by atoms with Crippen LogP contribution in [0.4, 0.5) is 5.69 Å². The summed E-state index contributed by atoms with van der Waals surface area (Å²) in [5, 5.41) is 4.12. The van der Waals surface area contributed by atoms with Gasteiger partial charge in [0.15, 0.2) is 0 Å². The molecule has 1 aliphatic heterocycles. The number of anilines is 1. The molecule has 1 atom stereocenters. The molecule has 1 N–H and O–H groups in total. The third-order valence-corrected chi connectivity index (χ3v) is 3.80. The van der Waals surface area contributed by atoms with Crippen molar-refractivity contribution in [2.45, 2.75) is 12.8 Å². The maximum Gasteiger partial charge on any atom is 0.137 e. The third kappa shape index (κ3) is 3.30. The number of halogens is 1. The van der Waals surface area contributed by atoms with Crippen LogP contribution in [0.2, 0.25) is 5.02 Å². The Kier molecular flexibility index (Phi) is 4.72. The number of nitrogens with one attached hydrogen (secondary N) is 1. The van der Waals surface area contributed by atoms with E-state index >= 15 is 0 Å². The van der Waals surface area contributed by atoms with E-state index in [4.69, 9.17) is 16.3 Å². The second-order valence-electron chi connectivity index (χ2n) is 4.91. The highest BCUT2D eigenvalue weighted by molar-refractivity contribution is 6.32. The highest BCUT2D eigenvalue weighted by Gasteiger charge is 2.15. The fourth-order valence-electron chi connectivity index (χ4n) is 2.47. The van der Waals surface area contributed by atoms with E-state index in [0.29, 0.717) is 5.02 Å². The van der Waals surface area contributed by atoms with Gasteiger partial charge in [-0.25, -0.2) is 0 Å². The van der Waals surface area contributed by atoms with Crippen LogP contribution in [0, 0.1) is 5.92 Å². The van der Waals surface area contributed by atoms with Gasteiger partial charge in [-0.2, -0.15) is 0 Å². The minimum absolute atomic E-state index is 0.670. The average Bonchev–Trinajstić information content (AvgIpc) is 2.39. The van der Waals surface area contributed by atoms with Crippen molar-refractivity contribution in [1.82, 2.24) is 5.32 Å². The molecular formula is C14H21ClN2O. The number of rotatable bonds is 4. The zero-order chi connectivity index (χ0) is 13.0. The standard InChI is InChI=1S/C14H21ClN2O/c1-17(10-11-4-3-7-16-9-11)12-5-6-14(18-2)13(15)8-12/h5-6,8,11,16H,3-4,7,9-10H2,1-2H3. The highest BCUT2D eigenvalue weighted by Crippen LogP contribution is 2.29. The number of hydrogen-bond donors (Lipinski definition) is 1. The van der Waals surface area contributed by atoms with Gasteiger partial charge in [-0.15, -0.1) is 0 Å². The molecule has 1 aromatic rings. The lowest BCUT2D eigenvalue weighted by molar-refractivity contribution is 0.381. The lowest BCUT2D eigenvalue weighted by Crippen LogP contribution is -2.36. The van der Waals surface area contributed by atoms with Crippen molar-refractivity contribution < 1.29 is 4.74 Å². The normalized spacial score (nSPS) is 19.6. The molecule has 0 aromatic heterocycles. The van der Waals surface area contributed by atoms with E-state index in [1.165, 1.54) is 12.8 Å². The zero-order valence-electron chi connectivity index (χ0n) is 11.1. The number of hydrogen-bond acceptors (Lipinski definition) is 3. The summed E-state index contributed by atoms with van der Waals surface area (Å²) >= 11 is 6.15. The molecular weight excluding hydrogens is 248 g/mol. The maximum absolute atomic E-state index is 6.15. The zero-order valence-corrected chi connectivity index (χ0v) is 11.8. The van der Waals surface area contributed by atoms with Gasteiger partial charge in [0.25, 0.3) is 0 Å². The van der Waals surface area contributed by atoms with E-state index in [9.17, 15) is 0 Å². The Morgan fingerprint density at radius 3 is 2.94 bits per heavy atom. The summed E-state index contributed by atoms with van der Waals surface area (Å²) in [7, 11) is 3.76. The van der Waals surface area contributed by atoms with Crippen LogP contribution in [-0.2, 0) is 0 Å². The van der Waals surface area contributed by atoms with Crippen LogP contribution in [0.5, 0.6) is 5.75 Å². The minimum Gasteiger partial charge on any atom is -0.495 e. The molecule has 1 aromatic carbocycles. The van der Waals surface area contributed by atoms with Crippen LogP contribution in [-0.4, -0.2) is 33.8 Å². The molecule has 4 heteroatoms. The number of benzene rings is 1. The van der Waals surface area contributed by atoms with Gasteiger partial charge in [0.2, 0.25) is 0 Å².